The number of para-hydroxylation sites is 1. The van der Waals surface area contributed by atoms with Gasteiger partial charge in [-0.15, -0.1) is 0 Å². The third-order valence-electron chi connectivity index (χ3n) is 5.09. The van der Waals surface area contributed by atoms with Crippen molar-refractivity contribution in [2.24, 2.45) is 5.92 Å². The molecule has 8 heteroatoms. The van der Waals surface area contributed by atoms with E-state index in [-0.39, 0.29) is 42.5 Å². The molecule has 0 aliphatic carbocycles. The van der Waals surface area contributed by atoms with E-state index in [1.807, 2.05) is 0 Å². The molecule has 1 fully saturated rings. The Kier molecular flexibility index (Phi) is 6.28. The largest absolute Gasteiger partial charge is 0.466 e. The Labute approximate surface area is 163 Å². The summed E-state index contributed by atoms with van der Waals surface area (Å²) in [4.78, 5) is 50.9. The van der Waals surface area contributed by atoms with E-state index < -0.39 is 6.04 Å². The van der Waals surface area contributed by atoms with Crippen LogP contribution in [0.4, 0.5) is 5.69 Å². The fraction of sp³-hybridized carbons (Fsp3) is 0.500. The van der Waals surface area contributed by atoms with Gasteiger partial charge < -0.3 is 20.3 Å². The predicted molar refractivity (Wildman–Crippen MR) is 101 cm³/mol. The molecular formula is C20H25N3O5. The molecule has 1 saturated heterocycles. The van der Waals surface area contributed by atoms with Crippen LogP contribution >= 0.6 is 0 Å². The van der Waals surface area contributed by atoms with Crippen molar-refractivity contribution in [3.8, 4) is 0 Å². The number of amides is 3. The quantitative estimate of drug-likeness (QED) is 0.742. The minimum atomic E-state index is -0.783. The molecule has 8 nitrogen and oxygen atoms in total. The molecule has 0 radical (unpaired) electrons. The number of carbonyl (C=O) groups excluding carboxylic acids is 4. The first kappa shape index (κ1) is 19.9. The van der Waals surface area contributed by atoms with Gasteiger partial charge in [-0.25, -0.2) is 0 Å². The SMILES string of the molecule is CCOC(=O)[C@H]1CCCN(C(=O)CC[C@@H]2NC(=O)c3ccccc3NC2=O)C1. The van der Waals surface area contributed by atoms with E-state index in [1.165, 1.54) is 0 Å². The number of esters is 1. The number of piperidine rings is 1. The van der Waals surface area contributed by atoms with E-state index in [4.69, 9.17) is 4.74 Å². The average molecular weight is 387 g/mol. The zero-order valence-corrected chi connectivity index (χ0v) is 15.9. The van der Waals surface area contributed by atoms with Crippen molar-refractivity contribution < 1.29 is 23.9 Å². The van der Waals surface area contributed by atoms with Gasteiger partial charge in [0.05, 0.1) is 23.8 Å². The molecule has 3 rings (SSSR count). The average Bonchev–Trinajstić information content (AvgIpc) is 2.82. The van der Waals surface area contributed by atoms with Crippen molar-refractivity contribution in [2.75, 3.05) is 25.0 Å². The maximum Gasteiger partial charge on any atom is 0.310 e. The highest BCUT2D eigenvalue weighted by Gasteiger charge is 2.31. The Hall–Kier alpha value is -2.90. The van der Waals surface area contributed by atoms with Gasteiger partial charge in [-0.05, 0) is 38.3 Å². The second-order valence-corrected chi connectivity index (χ2v) is 7.03. The topological polar surface area (TPSA) is 105 Å². The first-order valence-corrected chi connectivity index (χ1v) is 9.64. The van der Waals surface area contributed by atoms with Crippen molar-refractivity contribution in [1.82, 2.24) is 10.2 Å². The highest BCUT2D eigenvalue weighted by molar-refractivity contribution is 6.09. The second-order valence-electron chi connectivity index (χ2n) is 7.03. The summed E-state index contributed by atoms with van der Waals surface area (Å²) in [7, 11) is 0. The molecule has 0 aromatic heterocycles. The van der Waals surface area contributed by atoms with E-state index in [2.05, 4.69) is 10.6 Å². The predicted octanol–water partition coefficient (Wildman–Crippen LogP) is 1.32. The van der Waals surface area contributed by atoms with E-state index in [1.54, 1.807) is 36.1 Å². The third-order valence-corrected chi connectivity index (χ3v) is 5.09. The number of ether oxygens (including phenoxy) is 1. The maximum atomic E-state index is 12.6. The Morgan fingerprint density at radius 1 is 1.25 bits per heavy atom. The molecular weight excluding hydrogens is 362 g/mol. The minimum Gasteiger partial charge on any atom is -0.466 e. The summed E-state index contributed by atoms with van der Waals surface area (Å²) < 4.78 is 5.06. The van der Waals surface area contributed by atoms with Crippen LogP contribution in [0.1, 0.15) is 43.0 Å². The Morgan fingerprint density at radius 2 is 2.04 bits per heavy atom. The first-order chi connectivity index (χ1) is 13.5. The fourth-order valence-corrected chi connectivity index (χ4v) is 3.60. The van der Waals surface area contributed by atoms with Crippen LogP contribution in [-0.2, 0) is 19.1 Å². The van der Waals surface area contributed by atoms with Gasteiger partial charge >= 0.3 is 5.97 Å². The molecule has 2 aliphatic rings. The second kappa shape index (κ2) is 8.86. The molecule has 3 amide bonds. The lowest BCUT2D eigenvalue weighted by Gasteiger charge is -2.31. The molecule has 0 saturated carbocycles. The van der Waals surface area contributed by atoms with Crippen molar-refractivity contribution in [3.63, 3.8) is 0 Å². The van der Waals surface area contributed by atoms with Crippen molar-refractivity contribution in [2.45, 2.75) is 38.6 Å². The van der Waals surface area contributed by atoms with Crippen LogP contribution in [0.25, 0.3) is 0 Å². The molecule has 150 valence electrons. The van der Waals surface area contributed by atoms with Gasteiger partial charge in [0.2, 0.25) is 11.8 Å². The number of hydrogen-bond donors (Lipinski definition) is 2. The number of nitrogens with zero attached hydrogens (tertiary/aromatic N) is 1. The van der Waals surface area contributed by atoms with E-state index in [0.717, 1.165) is 6.42 Å². The standard InChI is InChI=1S/C20H25N3O5/c1-2-28-20(27)13-6-5-11-23(12-13)17(24)10-9-16-19(26)21-15-8-4-3-7-14(15)18(25)22-16/h3-4,7-8,13,16H,2,5-6,9-12H2,1H3,(H,21,26)(H,22,25)/t13-,16-/m0/s1. The number of nitrogens with one attached hydrogen (secondary N) is 2. The molecule has 1 aromatic rings. The molecule has 2 atom stereocenters. The normalized spacial score (nSPS) is 21.8. The van der Waals surface area contributed by atoms with Gasteiger partial charge in [0.15, 0.2) is 0 Å². The highest BCUT2D eigenvalue weighted by atomic mass is 16.5. The van der Waals surface area contributed by atoms with Crippen molar-refractivity contribution in [3.05, 3.63) is 29.8 Å². The number of fused-ring (bicyclic) bond motifs is 1. The lowest BCUT2D eigenvalue weighted by Crippen LogP contribution is -2.45. The van der Waals surface area contributed by atoms with Gasteiger partial charge in [-0.2, -0.15) is 0 Å². The third kappa shape index (κ3) is 4.49. The molecule has 0 bridgehead atoms. The summed E-state index contributed by atoms with van der Waals surface area (Å²) in [6, 6.07) is 6.00. The van der Waals surface area contributed by atoms with Crippen LogP contribution in [0.2, 0.25) is 0 Å². The first-order valence-electron chi connectivity index (χ1n) is 9.64. The molecule has 1 aromatic carbocycles. The van der Waals surface area contributed by atoms with Crippen LogP contribution in [0.3, 0.4) is 0 Å². The van der Waals surface area contributed by atoms with Crippen LogP contribution in [0, 0.1) is 5.92 Å². The van der Waals surface area contributed by atoms with Crippen LogP contribution in [0.15, 0.2) is 24.3 Å². The molecule has 2 heterocycles. The highest BCUT2D eigenvalue weighted by Crippen LogP contribution is 2.21. The Bertz CT molecular complexity index is 779. The molecule has 0 spiro atoms. The number of carbonyl (C=O) groups is 4. The van der Waals surface area contributed by atoms with E-state index >= 15 is 0 Å². The number of benzene rings is 1. The Morgan fingerprint density at radius 3 is 2.82 bits per heavy atom. The lowest BCUT2D eigenvalue weighted by atomic mass is 9.97. The minimum absolute atomic E-state index is 0.115. The molecule has 2 N–H and O–H groups in total. The van der Waals surface area contributed by atoms with Crippen LogP contribution < -0.4 is 10.6 Å². The zero-order chi connectivity index (χ0) is 20.1. The van der Waals surface area contributed by atoms with Gasteiger partial charge in [-0.1, -0.05) is 12.1 Å². The van der Waals surface area contributed by atoms with Gasteiger partial charge in [0, 0.05) is 19.5 Å². The van der Waals surface area contributed by atoms with Crippen LogP contribution in [-0.4, -0.2) is 54.3 Å². The maximum absolute atomic E-state index is 12.6. The number of anilines is 1. The fourth-order valence-electron chi connectivity index (χ4n) is 3.60. The summed E-state index contributed by atoms with van der Waals surface area (Å²) in [5.74, 6) is -1.38. The number of rotatable bonds is 5. The number of hydrogen-bond acceptors (Lipinski definition) is 5. The summed E-state index contributed by atoms with van der Waals surface area (Å²) in [6.45, 7) is 3.01. The smallest absolute Gasteiger partial charge is 0.310 e. The molecule has 2 aliphatic heterocycles. The van der Waals surface area contributed by atoms with Crippen LogP contribution in [0.5, 0.6) is 0 Å². The van der Waals surface area contributed by atoms with E-state index in [0.29, 0.717) is 37.4 Å². The summed E-state index contributed by atoms with van der Waals surface area (Å²) >= 11 is 0. The van der Waals surface area contributed by atoms with Gasteiger partial charge in [-0.3, -0.25) is 19.2 Å². The summed E-state index contributed by atoms with van der Waals surface area (Å²) in [5.41, 5.74) is 0.866. The van der Waals surface area contributed by atoms with Crippen molar-refractivity contribution >= 4 is 29.4 Å². The monoisotopic (exact) mass is 387 g/mol. The number of likely N-dealkylation sites (tertiary alicyclic amines) is 1. The molecule has 28 heavy (non-hydrogen) atoms. The lowest BCUT2D eigenvalue weighted by molar-refractivity contribution is -0.151. The molecule has 0 unspecified atom stereocenters. The van der Waals surface area contributed by atoms with Crippen molar-refractivity contribution in [1.29, 1.82) is 0 Å². The Balaban J connectivity index is 1.56. The van der Waals surface area contributed by atoms with Gasteiger partial charge in [0.25, 0.3) is 5.91 Å². The zero-order valence-electron chi connectivity index (χ0n) is 15.9. The summed E-state index contributed by atoms with van der Waals surface area (Å²) in [5, 5.41) is 5.42. The van der Waals surface area contributed by atoms with E-state index in [9.17, 15) is 19.2 Å². The summed E-state index contributed by atoms with van der Waals surface area (Å²) in [6.07, 6.45) is 1.77. The van der Waals surface area contributed by atoms with Gasteiger partial charge in [0.1, 0.15) is 6.04 Å².